The third kappa shape index (κ3) is 1.00. The van der Waals surface area contributed by atoms with E-state index in [0.717, 1.165) is 23.7 Å². The summed E-state index contributed by atoms with van der Waals surface area (Å²) in [5.74, 6) is 1.83. The van der Waals surface area contributed by atoms with Crippen molar-refractivity contribution < 1.29 is 4.74 Å². The average molecular weight is 187 g/mol. The Morgan fingerprint density at radius 1 is 1.29 bits per heavy atom. The first-order valence-electron chi connectivity index (χ1n) is 4.56. The number of benzene rings is 1. The zero-order valence-electron chi connectivity index (χ0n) is 7.55. The zero-order valence-corrected chi connectivity index (χ0v) is 7.55. The minimum Gasteiger partial charge on any atom is -0.491 e. The molecule has 0 saturated carbocycles. The van der Waals surface area contributed by atoms with Gasteiger partial charge in [0.05, 0.1) is 6.61 Å². The lowest BCUT2D eigenvalue weighted by molar-refractivity contribution is 0.325. The molecule has 0 atom stereocenters. The van der Waals surface area contributed by atoms with Crippen molar-refractivity contribution >= 4 is 0 Å². The first kappa shape index (κ1) is 7.55. The zero-order chi connectivity index (χ0) is 9.38. The molecule has 4 nitrogen and oxygen atoms in total. The van der Waals surface area contributed by atoms with Gasteiger partial charge in [0.25, 0.3) is 0 Å². The van der Waals surface area contributed by atoms with Crippen molar-refractivity contribution in [2.75, 3.05) is 6.61 Å². The molecule has 0 N–H and O–H groups in total. The molecule has 0 amide bonds. The van der Waals surface area contributed by atoms with Crippen molar-refractivity contribution in [2.45, 2.75) is 6.42 Å². The van der Waals surface area contributed by atoms with Crippen molar-refractivity contribution in [3.05, 3.63) is 36.4 Å². The molecule has 70 valence electrons. The van der Waals surface area contributed by atoms with Crippen LogP contribution in [0.4, 0.5) is 0 Å². The summed E-state index contributed by atoms with van der Waals surface area (Å²) < 4.78 is 7.42. The van der Waals surface area contributed by atoms with Crippen molar-refractivity contribution in [1.29, 1.82) is 0 Å². The second-order valence-corrected chi connectivity index (χ2v) is 3.15. The van der Waals surface area contributed by atoms with Gasteiger partial charge in [-0.05, 0) is 12.1 Å². The Morgan fingerprint density at radius 2 is 2.21 bits per heavy atom. The number of hydrogen-bond acceptors (Lipinski definition) is 3. The number of fused-ring (bicyclic) bond motifs is 3. The number of para-hydroxylation sites is 2. The highest BCUT2D eigenvalue weighted by atomic mass is 16.5. The molecule has 1 aromatic carbocycles. The molecule has 0 unspecified atom stereocenters. The summed E-state index contributed by atoms with van der Waals surface area (Å²) in [5, 5.41) is 4.18. The fourth-order valence-corrected chi connectivity index (χ4v) is 1.64. The van der Waals surface area contributed by atoms with Gasteiger partial charge < -0.3 is 4.74 Å². The third-order valence-corrected chi connectivity index (χ3v) is 2.30. The average Bonchev–Trinajstić information content (AvgIpc) is 2.61. The van der Waals surface area contributed by atoms with Gasteiger partial charge in [-0.3, -0.25) is 0 Å². The largest absolute Gasteiger partial charge is 0.491 e. The minimum atomic E-state index is 0.662. The van der Waals surface area contributed by atoms with Gasteiger partial charge in [0, 0.05) is 6.42 Å². The van der Waals surface area contributed by atoms with Crippen LogP contribution in [0.3, 0.4) is 0 Å². The molecule has 2 heterocycles. The van der Waals surface area contributed by atoms with Crippen LogP contribution in [0.15, 0.2) is 30.6 Å². The Morgan fingerprint density at radius 3 is 3.21 bits per heavy atom. The van der Waals surface area contributed by atoms with Gasteiger partial charge in [-0.2, -0.15) is 5.10 Å². The van der Waals surface area contributed by atoms with Gasteiger partial charge in [-0.15, -0.1) is 0 Å². The summed E-state index contributed by atoms with van der Waals surface area (Å²) in [4.78, 5) is 4.19. The lowest BCUT2D eigenvalue weighted by atomic mass is 10.3. The molecule has 1 aliphatic rings. The summed E-state index contributed by atoms with van der Waals surface area (Å²) in [6, 6.07) is 7.87. The molecule has 14 heavy (non-hydrogen) atoms. The van der Waals surface area contributed by atoms with Crippen LogP contribution >= 0.6 is 0 Å². The van der Waals surface area contributed by atoms with Crippen LogP contribution < -0.4 is 4.74 Å². The summed E-state index contributed by atoms with van der Waals surface area (Å²) in [7, 11) is 0. The molecule has 3 rings (SSSR count). The maximum Gasteiger partial charge on any atom is 0.145 e. The fraction of sp³-hybridized carbons (Fsp3) is 0.200. The smallest absolute Gasteiger partial charge is 0.145 e. The summed E-state index contributed by atoms with van der Waals surface area (Å²) >= 11 is 0. The number of hydrogen-bond donors (Lipinski definition) is 0. The highest BCUT2D eigenvalue weighted by Gasteiger charge is 2.14. The van der Waals surface area contributed by atoms with E-state index < -0.39 is 0 Å². The van der Waals surface area contributed by atoms with Crippen LogP contribution in [0.5, 0.6) is 5.75 Å². The standard InChI is InChI=1S/C10H9N3O/c1-2-4-9-8(3-1)13-10(5-6-14-9)11-7-12-13/h1-4,7H,5-6H2. The Bertz CT molecular complexity index is 464. The molecule has 0 saturated heterocycles. The van der Waals surface area contributed by atoms with Crippen molar-refractivity contribution in [3.63, 3.8) is 0 Å². The summed E-state index contributed by atoms with van der Waals surface area (Å²) in [5.41, 5.74) is 0.970. The highest BCUT2D eigenvalue weighted by Crippen LogP contribution is 2.24. The van der Waals surface area contributed by atoms with E-state index in [9.17, 15) is 0 Å². The quantitative estimate of drug-likeness (QED) is 0.622. The number of ether oxygens (including phenoxy) is 1. The van der Waals surface area contributed by atoms with E-state index in [2.05, 4.69) is 10.1 Å². The van der Waals surface area contributed by atoms with E-state index in [1.807, 2.05) is 28.9 Å². The molecular formula is C10H9N3O. The van der Waals surface area contributed by atoms with Gasteiger partial charge in [-0.1, -0.05) is 12.1 Å². The maximum atomic E-state index is 5.59. The highest BCUT2D eigenvalue weighted by molar-refractivity contribution is 5.46. The first-order valence-corrected chi connectivity index (χ1v) is 4.56. The van der Waals surface area contributed by atoms with E-state index in [4.69, 9.17) is 4.74 Å². The van der Waals surface area contributed by atoms with Gasteiger partial charge in [0.1, 0.15) is 23.6 Å². The number of nitrogens with zero attached hydrogens (tertiary/aromatic N) is 3. The lowest BCUT2D eigenvalue weighted by Crippen LogP contribution is -2.01. The van der Waals surface area contributed by atoms with E-state index >= 15 is 0 Å². The normalized spacial score (nSPS) is 13.7. The van der Waals surface area contributed by atoms with Crippen molar-refractivity contribution in [1.82, 2.24) is 14.8 Å². The van der Waals surface area contributed by atoms with Crippen molar-refractivity contribution in [2.24, 2.45) is 0 Å². The second-order valence-electron chi connectivity index (χ2n) is 3.15. The predicted octanol–water partition coefficient (Wildman–Crippen LogP) is 1.20. The van der Waals surface area contributed by atoms with E-state index in [1.54, 1.807) is 6.33 Å². The Kier molecular flexibility index (Phi) is 1.53. The molecule has 0 aliphatic carbocycles. The van der Waals surface area contributed by atoms with Gasteiger partial charge in [0.2, 0.25) is 0 Å². The Balaban J connectivity index is 2.27. The third-order valence-electron chi connectivity index (χ3n) is 2.30. The molecular weight excluding hydrogens is 178 g/mol. The van der Waals surface area contributed by atoms with Gasteiger partial charge in [-0.25, -0.2) is 9.67 Å². The Labute approximate surface area is 81.2 Å². The maximum absolute atomic E-state index is 5.59. The van der Waals surface area contributed by atoms with Gasteiger partial charge in [0.15, 0.2) is 0 Å². The summed E-state index contributed by atoms with van der Waals surface area (Å²) in [6.07, 6.45) is 2.38. The molecule has 0 bridgehead atoms. The first-order chi connectivity index (χ1) is 6.95. The van der Waals surface area contributed by atoms with E-state index in [1.165, 1.54) is 0 Å². The van der Waals surface area contributed by atoms with E-state index in [-0.39, 0.29) is 0 Å². The van der Waals surface area contributed by atoms with Crippen LogP contribution in [0, 0.1) is 0 Å². The Hall–Kier alpha value is -1.84. The van der Waals surface area contributed by atoms with Crippen molar-refractivity contribution in [3.8, 4) is 11.4 Å². The molecule has 1 aliphatic heterocycles. The predicted molar refractivity (Wildman–Crippen MR) is 50.6 cm³/mol. The van der Waals surface area contributed by atoms with Gasteiger partial charge >= 0.3 is 0 Å². The molecule has 2 aromatic rings. The second kappa shape index (κ2) is 2.83. The monoisotopic (exact) mass is 187 g/mol. The van der Waals surface area contributed by atoms with Crippen LogP contribution in [-0.2, 0) is 6.42 Å². The van der Waals surface area contributed by atoms with Crippen LogP contribution in [0.1, 0.15) is 5.82 Å². The molecule has 4 heteroatoms. The topological polar surface area (TPSA) is 39.9 Å². The van der Waals surface area contributed by atoms with Crippen LogP contribution in [-0.4, -0.2) is 21.4 Å². The minimum absolute atomic E-state index is 0.662. The van der Waals surface area contributed by atoms with Crippen LogP contribution in [0.2, 0.25) is 0 Å². The number of aromatic nitrogens is 3. The molecule has 0 radical (unpaired) electrons. The molecule has 0 fully saturated rings. The summed E-state index contributed by atoms with van der Waals surface area (Å²) in [6.45, 7) is 0.662. The lowest BCUT2D eigenvalue weighted by Gasteiger charge is -2.05. The number of rotatable bonds is 0. The van der Waals surface area contributed by atoms with E-state index in [0.29, 0.717) is 6.61 Å². The van der Waals surface area contributed by atoms with Crippen LogP contribution in [0.25, 0.3) is 5.69 Å². The fourth-order valence-electron chi connectivity index (χ4n) is 1.64. The SMILES string of the molecule is c1ccc2c(c1)OCCc1ncnn1-2. The molecule has 0 spiro atoms. The molecule has 1 aromatic heterocycles.